The molecular formula is C25H41FN4O6S. The van der Waals surface area contributed by atoms with E-state index in [9.17, 15) is 18.3 Å². The average Bonchev–Trinajstić information content (AvgIpc) is 3.40. The Kier molecular flexibility index (Phi) is 10.3. The Bertz CT molecular complexity index is 947. The summed E-state index contributed by atoms with van der Waals surface area (Å²) in [6.45, 7) is 16.0. The molecule has 0 radical (unpaired) electrons. The van der Waals surface area contributed by atoms with Gasteiger partial charge in [-0.3, -0.25) is 14.3 Å². The number of halogens is 1. The van der Waals surface area contributed by atoms with Crippen molar-refractivity contribution in [2.45, 2.75) is 110 Å². The number of carbonyl (C=O) groups excluding carboxylic acids is 3. The number of nitrogens with zero attached hydrogens (tertiary/aromatic N) is 4. The van der Waals surface area contributed by atoms with Gasteiger partial charge in [0.2, 0.25) is 0 Å². The van der Waals surface area contributed by atoms with E-state index in [1.54, 1.807) is 18.5 Å². The number of hydrogen-bond acceptors (Lipinski definition) is 9. The molecule has 1 fully saturated rings. The first kappa shape index (κ1) is 31.2. The van der Waals surface area contributed by atoms with E-state index in [2.05, 4.69) is 10.3 Å². The van der Waals surface area contributed by atoms with E-state index >= 15 is 0 Å². The van der Waals surface area contributed by atoms with Crippen LogP contribution in [0.1, 0.15) is 93.2 Å². The van der Waals surface area contributed by atoms with Crippen molar-refractivity contribution >= 4 is 29.9 Å². The summed E-state index contributed by atoms with van der Waals surface area (Å²) < 4.78 is 26.2. The van der Waals surface area contributed by atoms with Crippen molar-refractivity contribution in [2.24, 2.45) is 5.41 Å². The minimum Gasteiger partial charge on any atom is -0.375 e. The van der Waals surface area contributed by atoms with Gasteiger partial charge < -0.3 is 14.3 Å². The standard InChI is InChI=1S/C25H41FN4O6S/c1-22(2,21(33)36-30-19(31)9-10-20(30)32)12-15-34-23(3,4)11-14-29-17-18(27-28-29)25(7,8)35-16-13-24(5,6)37-26/h17H,9-16H2,1-8H3. The van der Waals surface area contributed by atoms with Gasteiger partial charge in [-0.25, -0.2) is 4.79 Å². The fourth-order valence-corrected chi connectivity index (χ4v) is 3.51. The number of hydrogen-bond donors (Lipinski definition) is 0. The zero-order chi connectivity index (χ0) is 28.1. The van der Waals surface area contributed by atoms with Crippen LogP contribution in [0.15, 0.2) is 6.20 Å². The number of ether oxygens (including phenoxy) is 2. The van der Waals surface area contributed by atoms with Crippen molar-refractivity contribution in [3.8, 4) is 0 Å². The minimum absolute atomic E-state index is 0.0552. The molecule has 1 aliphatic rings. The van der Waals surface area contributed by atoms with Crippen molar-refractivity contribution in [3.63, 3.8) is 0 Å². The van der Waals surface area contributed by atoms with Crippen LogP contribution in [0.5, 0.6) is 0 Å². The first-order chi connectivity index (χ1) is 17.0. The van der Waals surface area contributed by atoms with Crippen LogP contribution >= 0.6 is 12.1 Å². The Morgan fingerprint density at radius 3 is 2.16 bits per heavy atom. The first-order valence-corrected chi connectivity index (χ1v) is 13.3. The van der Waals surface area contributed by atoms with Gasteiger partial charge in [0.25, 0.3) is 11.8 Å². The van der Waals surface area contributed by atoms with Gasteiger partial charge in [-0.15, -0.1) is 10.2 Å². The second-order valence-corrected chi connectivity index (χ2v) is 13.0. The monoisotopic (exact) mass is 544 g/mol. The van der Waals surface area contributed by atoms with E-state index in [4.69, 9.17) is 14.3 Å². The third-order valence-electron chi connectivity index (χ3n) is 6.43. The van der Waals surface area contributed by atoms with Crippen molar-refractivity contribution in [1.82, 2.24) is 20.1 Å². The Balaban J connectivity index is 1.80. The summed E-state index contributed by atoms with van der Waals surface area (Å²) in [6, 6.07) is 0. The number of imide groups is 1. The number of aryl methyl sites for hydroxylation is 1. The van der Waals surface area contributed by atoms with Gasteiger partial charge in [-0.05, 0) is 74.7 Å². The Labute approximate surface area is 223 Å². The van der Waals surface area contributed by atoms with E-state index in [0.29, 0.717) is 55.3 Å². The molecule has 0 spiro atoms. The highest BCUT2D eigenvalue weighted by Crippen LogP contribution is 2.31. The molecule has 210 valence electrons. The lowest BCUT2D eigenvalue weighted by molar-refractivity contribution is -0.205. The van der Waals surface area contributed by atoms with Gasteiger partial charge in [0.15, 0.2) is 0 Å². The van der Waals surface area contributed by atoms with Crippen molar-refractivity contribution in [3.05, 3.63) is 11.9 Å². The van der Waals surface area contributed by atoms with Gasteiger partial charge >= 0.3 is 5.97 Å². The topological polar surface area (TPSA) is 113 Å². The molecule has 0 atom stereocenters. The van der Waals surface area contributed by atoms with Gasteiger partial charge in [0, 0.05) is 37.3 Å². The summed E-state index contributed by atoms with van der Waals surface area (Å²) in [6.07, 6.45) is 3.51. The molecule has 0 bridgehead atoms. The lowest BCUT2D eigenvalue weighted by Crippen LogP contribution is -2.38. The molecule has 12 heteroatoms. The maximum Gasteiger partial charge on any atom is 0.338 e. The van der Waals surface area contributed by atoms with Crippen molar-refractivity contribution in [2.75, 3.05) is 13.2 Å². The maximum atomic E-state index is 13.0. The van der Waals surface area contributed by atoms with Crippen LogP contribution in [-0.2, 0) is 40.8 Å². The largest absolute Gasteiger partial charge is 0.375 e. The normalized spacial score (nSPS) is 15.5. The molecule has 1 aliphatic heterocycles. The predicted molar refractivity (Wildman–Crippen MR) is 137 cm³/mol. The molecule has 0 unspecified atom stereocenters. The van der Waals surface area contributed by atoms with Crippen LogP contribution in [0, 0.1) is 5.41 Å². The van der Waals surface area contributed by atoms with E-state index in [1.807, 2.05) is 47.7 Å². The van der Waals surface area contributed by atoms with Crippen LogP contribution in [0.25, 0.3) is 0 Å². The fraction of sp³-hybridized carbons (Fsp3) is 0.800. The molecule has 0 aromatic carbocycles. The number of amides is 2. The highest BCUT2D eigenvalue weighted by Gasteiger charge is 2.38. The molecule has 2 amide bonds. The minimum atomic E-state index is -0.941. The van der Waals surface area contributed by atoms with Crippen LogP contribution in [-0.4, -0.2) is 61.4 Å². The van der Waals surface area contributed by atoms with Gasteiger partial charge in [-0.1, -0.05) is 5.21 Å². The number of hydroxylamine groups is 2. The number of carbonyl (C=O) groups is 3. The third kappa shape index (κ3) is 9.33. The smallest absolute Gasteiger partial charge is 0.338 e. The SMILES string of the molecule is CC(C)(CCn1cc(C(C)(C)OCCC(C)(C)SF)nn1)OCCC(C)(C)C(=O)ON1C(=O)CCC1=O. The van der Waals surface area contributed by atoms with E-state index in [-0.39, 0.29) is 19.4 Å². The van der Waals surface area contributed by atoms with Gasteiger partial charge in [0.05, 0.1) is 29.4 Å². The zero-order valence-electron chi connectivity index (χ0n) is 23.3. The Hall–Kier alpha value is -2.05. The van der Waals surface area contributed by atoms with Crippen LogP contribution in [0.4, 0.5) is 3.89 Å². The second kappa shape index (κ2) is 12.2. The highest BCUT2D eigenvalue weighted by molar-refractivity contribution is 7.95. The summed E-state index contributed by atoms with van der Waals surface area (Å²) in [5.74, 6) is -1.65. The molecule has 1 aromatic heterocycles. The lowest BCUT2D eigenvalue weighted by atomic mass is 9.90. The summed E-state index contributed by atoms with van der Waals surface area (Å²) in [7, 11) is 0. The molecule has 2 rings (SSSR count). The first-order valence-electron chi connectivity index (χ1n) is 12.5. The summed E-state index contributed by atoms with van der Waals surface area (Å²) in [4.78, 5) is 41.0. The molecule has 1 aromatic rings. The summed E-state index contributed by atoms with van der Waals surface area (Å²) in [5, 5.41) is 9.03. The van der Waals surface area contributed by atoms with Crippen molar-refractivity contribution in [1.29, 1.82) is 0 Å². The van der Waals surface area contributed by atoms with Crippen LogP contribution < -0.4 is 0 Å². The second-order valence-electron chi connectivity index (χ2n) is 11.8. The molecule has 0 N–H and O–H groups in total. The van der Waals surface area contributed by atoms with E-state index < -0.39 is 39.1 Å². The molecule has 37 heavy (non-hydrogen) atoms. The van der Waals surface area contributed by atoms with Gasteiger partial charge in [0.1, 0.15) is 11.3 Å². The van der Waals surface area contributed by atoms with E-state index in [1.165, 1.54) is 0 Å². The molecule has 10 nitrogen and oxygen atoms in total. The molecule has 0 aliphatic carbocycles. The fourth-order valence-electron chi connectivity index (χ4n) is 3.35. The summed E-state index contributed by atoms with van der Waals surface area (Å²) in [5.41, 5.74) is -1.42. The van der Waals surface area contributed by atoms with Crippen LogP contribution in [0.3, 0.4) is 0 Å². The van der Waals surface area contributed by atoms with E-state index in [0.717, 1.165) is 0 Å². The molecular weight excluding hydrogens is 503 g/mol. The van der Waals surface area contributed by atoms with Crippen molar-refractivity contribution < 1.29 is 32.6 Å². The van der Waals surface area contributed by atoms with Crippen LogP contribution in [0.2, 0.25) is 0 Å². The maximum absolute atomic E-state index is 13.0. The number of aromatic nitrogens is 3. The number of rotatable bonds is 15. The molecule has 1 saturated heterocycles. The molecule has 0 saturated carbocycles. The Morgan fingerprint density at radius 1 is 0.973 bits per heavy atom. The molecule has 2 heterocycles. The lowest BCUT2D eigenvalue weighted by Gasteiger charge is -2.29. The van der Waals surface area contributed by atoms with Gasteiger partial charge in [-0.2, -0.15) is 3.89 Å². The zero-order valence-corrected chi connectivity index (χ0v) is 24.1. The highest BCUT2D eigenvalue weighted by atomic mass is 32.2. The Morgan fingerprint density at radius 2 is 1.57 bits per heavy atom. The third-order valence-corrected chi connectivity index (χ3v) is 7.05. The summed E-state index contributed by atoms with van der Waals surface area (Å²) >= 11 is 0.328. The quantitative estimate of drug-likeness (QED) is 0.294. The predicted octanol–water partition coefficient (Wildman–Crippen LogP) is 4.53. The average molecular weight is 545 g/mol.